The molecule has 2 heterocycles. The number of rotatable bonds is 6. The standard InChI is InChI=1S/C14H23N3O2/c1-2-3-4-11-9-12(19-13(11)14(15)18)10-17-7-5-16-6-8-17/h9,16H,2-8,10H2,1H3,(H2,15,18). The summed E-state index contributed by atoms with van der Waals surface area (Å²) in [5.41, 5.74) is 6.33. The molecule has 1 aromatic rings. The number of amides is 1. The molecule has 19 heavy (non-hydrogen) atoms. The second-order valence-electron chi connectivity index (χ2n) is 5.06. The van der Waals surface area contributed by atoms with Gasteiger partial charge in [-0.1, -0.05) is 13.3 Å². The van der Waals surface area contributed by atoms with Crippen LogP contribution in [0.2, 0.25) is 0 Å². The maximum Gasteiger partial charge on any atom is 0.284 e. The number of nitrogens with one attached hydrogen (secondary N) is 1. The summed E-state index contributed by atoms with van der Waals surface area (Å²) in [5, 5.41) is 3.32. The fourth-order valence-corrected chi connectivity index (χ4v) is 2.42. The minimum atomic E-state index is -0.460. The number of nitrogens with two attached hydrogens (primary N) is 1. The van der Waals surface area contributed by atoms with Crippen molar-refractivity contribution >= 4 is 5.91 Å². The highest BCUT2D eigenvalue weighted by molar-refractivity contribution is 5.91. The Bertz CT molecular complexity index is 422. The van der Waals surface area contributed by atoms with Crippen molar-refractivity contribution < 1.29 is 9.21 Å². The van der Waals surface area contributed by atoms with Crippen molar-refractivity contribution in [3.63, 3.8) is 0 Å². The number of hydrogen-bond donors (Lipinski definition) is 2. The topological polar surface area (TPSA) is 71.5 Å². The molecule has 0 radical (unpaired) electrons. The van der Waals surface area contributed by atoms with Crippen molar-refractivity contribution in [1.29, 1.82) is 0 Å². The van der Waals surface area contributed by atoms with E-state index < -0.39 is 5.91 Å². The summed E-state index contributed by atoms with van der Waals surface area (Å²) in [6, 6.07) is 2.00. The average molecular weight is 265 g/mol. The summed E-state index contributed by atoms with van der Waals surface area (Å²) in [4.78, 5) is 13.7. The summed E-state index contributed by atoms with van der Waals surface area (Å²) >= 11 is 0. The van der Waals surface area contributed by atoms with E-state index in [0.717, 1.165) is 63.3 Å². The fraction of sp³-hybridized carbons (Fsp3) is 0.643. The van der Waals surface area contributed by atoms with Crippen LogP contribution in [0.15, 0.2) is 10.5 Å². The van der Waals surface area contributed by atoms with E-state index in [1.165, 1.54) is 0 Å². The van der Waals surface area contributed by atoms with Crippen molar-refractivity contribution in [2.45, 2.75) is 32.7 Å². The molecule has 1 aliphatic rings. The lowest BCUT2D eigenvalue weighted by atomic mass is 10.1. The van der Waals surface area contributed by atoms with Crippen molar-refractivity contribution in [2.24, 2.45) is 5.73 Å². The van der Waals surface area contributed by atoms with Crippen LogP contribution in [0.5, 0.6) is 0 Å². The SMILES string of the molecule is CCCCc1cc(CN2CCNCC2)oc1C(N)=O. The van der Waals surface area contributed by atoms with E-state index in [9.17, 15) is 4.79 Å². The van der Waals surface area contributed by atoms with Gasteiger partial charge in [-0.05, 0) is 18.9 Å². The van der Waals surface area contributed by atoms with Crippen molar-refractivity contribution in [2.75, 3.05) is 26.2 Å². The number of unbranched alkanes of at least 4 members (excludes halogenated alkanes) is 1. The second-order valence-corrected chi connectivity index (χ2v) is 5.06. The number of nitrogens with zero attached hydrogens (tertiary/aromatic N) is 1. The van der Waals surface area contributed by atoms with Gasteiger partial charge in [0.25, 0.3) is 5.91 Å². The van der Waals surface area contributed by atoms with E-state index in [0.29, 0.717) is 5.76 Å². The largest absolute Gasteiger partial charge is 0.454 e. The van der Waals surface area contributed by atoms with Gasteiger partial charge in [-0.2, -0.15) is 0 Å². The van der Waals surface area contributed by atoms with Gasteiger partial charge in [0, 0.05) is 31.7 Å². The highest BCUT2D eigenvalue weighted by Crippen LogP contribution is 2.19. The number of piperazine rings is 1. The third-order valence-corrected chi connectivity index (χ3v) is 3.47. The summed E-state index contributed by atoms with van der Waals surface area (Å²) in [6.07, 6.45) is 3.00. The molecule has 1 amide bonds. The highest BCUT2D eigenvalue weighted by atomic mass is 16.4. The maximum absolute atomic E-state index is 11.4. The van der Waals surface area contributed by atoms with E-state index in [2.05, 4.69) is 17.1 Å². The Balaban J connectivity index is 2.05. The van der Waals surface area contributed by atoms with Crippen LogP contribution >= 0.6 is 0 Å². The van der Waals surface area contributed by atoms with Crippen LogP contribution in [-0.4, -0.2) is 37.0 Å². The van der Waals surface area contributed by atoms with Crippen LogP contribution in [-0.2, 0) is 13.0 Å². The van der Waals surface area contributed by atoms with Crippen LogP contribution in [0.25, 0.3) is 0 Å². The van der Waals surface area contributed by atoms with Crippen LogP contribution in [0.3, 0.4) is 0 Å². The van der Waals surface area contributed by atoms with Gasteiger partial charge in [-0.3, -0.25) is 9.69 Å². The molecule has 0 bridgehead atoms. The smallest absolute Gasteiger partial charge is 0.284 e. The van der Waals surface area contributed by atoms with Gasteiger partial charge in [0.2, 0.25) is 0 Å². The zero-order valence-electron chi connectivity index (χ0n) is 11.6. The molecule has 1 saturated heterocycles. The molecule has 0 spiro atoms. The van der Waals surface area contributed by atoms with E-state index in [1.54, 1.807) is 0 Å². The molecule has 3 N–H and O–H groups in total. The third-order valence-electron chi connectivity index (χ3n) is 3.47. The molecule has 106 valence electrons. The predicted octanol–water partition coefficient (Wildman–Crippen LogP) is 1.13. The number of hydrogen-bond acceptors (Lipinski definition) is 4. The number of furan rings is 1. The number of carbonyl (C=O) groups is 1. The molecule has 0 aliphatic carbocycles. The second kappa shape index (κ2) is 6.73. The molecule has 0 atom stereocenters. The Morgan fingerprint density at radius 2 is 2.21 bits per heavy atom. The van der Waals surface area contributed by atoms with Gasteiger partial charge < -0.3 is 15.5 Å². The molecule has 5 nitrogen and oxygen atoms in total. The monoisotopic (exact) mass is 265 g/mol. The van der Waals surface area contributed by atoms with Gasteiger partial charge in [0.1, 0.15) is 5.76 Å². The molecule has 5 heteroatoms. The van der Waals surface area contributed by atoms with E-state index in [-0.39, 0.29) is 0 Å². The molecule has 0 saturated carbocycles. The number of carbonyl (C=O) groups excluding carboxylic acids is 1. The molecule has 0 aromatic carbocycles. The first-order valence-corrected chi connectivity index (χ1v) is 7.05. The minimum absolute atomic E-state index is 0.346. The molecular formula is C14H23N3O2. The molecule has 0 unspecified atom stereocenters. The summed E-state index contributed by atoms with van der Waals surface area (Å²) in [5.74, 6) is 0.734. The van der Waals surface area contributed by atoms with Crippen LogP contribution < -0.4 is 11.1 Å². The molecule has 2 rings (SSSR count). The normalized spacial score (nSPS) is 16.7. The van der Waals surface area contributed by atoms with Crippen molar-refractivity contribution in [3.8, 4) is 0 Å². The lowest BCUT2D eigenvalue weighted by Gasteiger charge is -2.26. The van der Waals surface area contributed by atoms with Gasteiger partial charge in [-0.15, -0.1) is 0 Å². The fourth-order valence-electron chi connectivity index (χ4n) is 2.42. The quantitative estimate of drug-likeness (QED) is 0.808. The number of aryl methyl sites for hydroxylation is 1. The zero-order chi connectivity index (χ0) is 13.7. The summed E-state index contributed by atoms with van der Waals surface area (Å²) in [7, 11) is 0. The van der Waals surface area contributed by atoms with Crippen molar-refractivity contribution in [1.82, 2.24) is 10.2 Å². The Morgan fingerprint density at radius 3 is 2.84 bits per heavy atom. The molecular weight excluding hydrogens is 242 g/mol. The van der Waals surface area contributed by atoms with E-state index in [1.807, 2.05) is 6.07 Å². The third kappa shape index (κ3) is 3.81. The van der Waals surface area contributed by atoms with Gasteiger partial charge in [0.15, 0.2) is 5.76 Å². The van der Waals surface area contributed by atoms with Crippen LogP contribution in [0.1, 0.15) is 41.6 Å². The molecule has 1 aliphatic heterocycles. The lowest BCUT2D eigenvalue weighted by molar-refractivity contribution is 0.0968. The summed E-state index contributed by atoms with van der Waals surface area (Å²) in [6.45, 7) is 6.92. The lowest BCUT2D eigenvalue weighted by Crippen LogP contribution is -2.42. The predicted molar refractivity (Wildman–Crippen MR) is 74.0 cm³/mol. The minimum Gasteiger partial charge on any atom is -0.454 e. The molecule has 1 aromatic heterocycles. The zero-order valence-corrected chi connectivity index (χ0v) is 11.6. The van der Waals surface area contributed by atoms with Crippen LogP contribution in [0.4, 0.5) is 0 Å². The first-order valence-electron chi connectivity index (χ1n) is 7.05. The summed E-state index contributed by atoms with van der Waals surface area (Å²) < 4.78 is 5.64. The van der Waals surface area contributed by atoms with E-state index in [4.69, 9.17) is 10.2 Å². The van der Waals surface area contributed by atoms with Gasteiger partial charge >= 0.3 is 0 Å². The Labute approximate surface area is 114 Å². The molecule has 1 fully saturated rings. The van der Waals surface area contributed by atoms with Gasteiger partial charge in [-0.25, -0.2) is 0 Å². The Morgan fingerprint density at radius 1 is 1.47 bits per heavy atom. The van der Waals surface area contributed by atoms with Crippen molar-refractivity contribution in [3.05, 3.63) is 23.2 Å². The average Bonchev–Trinajstić information content (AvgIpc) is 2.80. The number of primary amides is 1. The van der Waals surface area contributed by atoms with Crippen LogP contribution in [0, 0.1) is 0 Å². The maximum atomic E-state index is 11.4. The van der Waals surface area contributed by atoms with Gasteiger partial charge in [0.05, 0.1) is 6.54 Å². The first-order chi connectivity index (χ1) is 9.20. The Hall–Kier alpha value is -1.33. The first kappa shape index (κ1) is 14.1. The van der Waals surface area contributed by atoms with E-state index >= 15 is 0 Å². The highest BCUT2D eigenvalue weighted by Gasteiger charge is 2.18. The Kier molecular flexibility index (Phi) is 4.99.